The number of hydrogen-bond donors (Lipinski definition) is 2. The summed E-state index contributed by atoms with van der Waals surface area (Å²) in [5, 5.41) is 3.17. The van der Waals surface area contributed by atoms with Crippen LogP contribution in [0.3, 0.4) is 0 Å². The van der Waals surface area contributed by atoms with Crippen molar-refractivity contribution >= 4 is 40.6 Å². The Bertz CT molecular complexity index is 1160. The molecule has 2 aromatic carbocycles. The summed E-state index contributed by atoms with van der Waals surface area (Å²) in [5.74, 6) is 1.92. The van der Waals surface area contributed by atoms with Gasteiger partial charge in [0, 0.05) is 53.5 Å². The molecule has 1 amide bonds. The van der Waals surface area contributed by atoms with E-state index in [9.17, 15) is 4.79 Å². The molecule has 2 aliphatic heterocycles. The molecule has 7 nitrogen and oxygen atoms in total. The number of carbonyl (C=O) groups excluding carboxylic acids is 1. The second-order valence-corrected chi connectivity index (χ2v) is 9.79. The molecule has 0 radical (unpaired) electrons. The minimum absolute atomic E-state index is 0.0563. The quantitative estimate of drug-likeness (QED) is 0.541. The molecule has 1 aromatic heterocycles. The minimum Gasteiger partial charge on any atom is -0.368 e. The van der Waals surface area contributed by atoms with Gasteiger partial charge in [-0.05, 0) is 55.8 Å². The molecule has 0 bridgehead atoms. The number of halogens is 2. The van der Waals surface area contributed by atoms with Crippen molar-refractivity contribution in [2.75, 3.05) is 36.1 Å². The first kappa shape index (κ1) is 23.0. The zero-order valence-corrected chi connectivity index (χ0v) is 20.8. The Kier molecular flexibility index (Phi) is 6.42. The highest BCUT2D eigenvalue weighted by atomic mass is 35.5. The molecule has 0 spiro atoms. The number of imidazole rings is 1. The second kappa shape index (κ2) is 9.49. The number of carbonyl (C=O) groups is 1. The number of aromatic nitrogens is 2. The number of nitrogens with one attached hydrogen (secondary N) is 2. The molecule has 0 saturated carbocycles. The van der Waals surface area contributed by atoms with Crippen molar-refractivity contribution < 1.29 is 4.79 Å². The monoisotopic (exact) mass is 498 g/mol. The third kappa shape index (κ3) is 4.48. The Morgan fingerprint density at radius 2 is 1.71 bits per heavy atom. The maximum absolute atomic E-state index is 12.8. The molecule has 0 atom stereocenters. The van der Waals surface area contributed by atoms with Crippen molar-refractivity contribution in [1.82, 2.24) is 20.3 Å². The summed E-state index contributed by atoms with van der Waals surface area (Å²) in [5.41, 5.74) is 7.38. The van der Waals surface area contributed by atoms with Gasteiger partial charge in [-0.15, -0.1) is 0 Å². The number of anilines is 2. The lowest BCUT2D eigenvalue weighted by molar-refractivity contribution is -0.130. The number of benzene rings is 2. The van der Waals surface area contributed by atoms with Gasteiger partial charge < -0.3 is 14.8 Å². The van der Waals surface area contributed by atoms with Crippen molar-refractivity contribution in [2.45, 2.75) is 32.9 Å². The maximum Gasteiger partial charge on any atom is 0.227 e. The highest BCUT2D eigenvalue weighted by Gasteiger charge is 2.26. The van der Waals surface area contributed by atoms with E-state index in [1.165, 1.54) is 0 Å². The fourth-order valence-electron chi connectivity index (χ4n) is 4.53. The van der Waals surface area contributed by atoms with Crippen molar-refractivity contribution in [3.8, 4) is 11.4 Å². The molecule has 5 rings (SSSR count). The number of hydrogen-bond acceptors (Lipinski definition) is 5. The zero-order valence-electron chi connectivity index (χ0n) is 19.3. The molecule has 1 saturated heterocycles. The molecule has 3 aromatic rings. The van der Waals surface area contributed by atoms with E-state index in [0.717, 1.165) is 48.2 Å². The third-order valence-electron chi connectivity index (χ3n) is 6.46. The van der Waals surface area contributed by atoms with Crippen LogP contribution in [0.5, 0.6) is 0 Å². The van der Waals surface area contributed by atoms with Crippen LogP contribution < -0.4 is 15.3 Å². The molecular weight excluding hydrogens is 471 g/mol. The van der Waals surface area contributed by atoms with Gasteiger partial charge in [0.05, 0.1) is 18.7 Å². The molecule has 0 unspecified atom stereocenters. The molecule has 2 N–H and O–H groups in total. The molecule has 1 fully saturated rings. The van der Waals surface area contributed by atoms with Gasteiger partial charge >= 0.3 is 0 Å². The number of nitrogens with zero attached hydrogens (tertiary/aromatic N) is 4. The van der Waals surface area contributed by atoms with Gasteiger partial charge in [-0.1, -0.05) is 29.3 Å². The largest absolute Gasteiger partial charge is 0.368 e. The lowest BCUT2D eigenvalue weighted by atomic mass is 10.1. The summed E-state index contributed by atoms with van der Waals surface area (Å²) < 4.78 is 0. The number of aromatic amines is 1. The summed E-state index contributed by atoms with van der Waals surface area (Å²) in [6.07, 6.45) is 0.226. The zero-order chi connectivity index (χ0) is 23.8. The number of fused-ring (bicyclic) bond motifs is 1. The van der Waals surface area contributed by atoms with Crippen LogP contribution in [0.2, 0.25) is 10.0 Å². The Morgan fingerprint density at radius 1 is 1.03 bits per heavy atom. The van der Waals surface area contributed by atoms with Crippen LogP contribution in [0.25, 0.3) is 11.4 Å². The highest BCUT2D eigenvalue weighted by molar-refractivity contribution is 6.36. The van der Waals surface area contributed by atoms with E-state index in [1.807, 2.05) is 4.90 Å². The first-order chi connectivity index (χ1) is 16.4. The van der Waals surface area contributed by atoms with Gasteiger partial charge in [0.15, 0.2) is 5.82 Å². The molecule has 9 heteroatoms. The average molecular weight is 499 g/mol. The van der Waals surface area contributed by atoms with Crippen molar-refractivity contribution in [3.05, 3.63) is 63.8 Å². The van der Waals surface area contributed by atoms with Gasteiger partial charge in [-0.25, -0.2) is 10.4 Å². The van der Waals surface area contributed by atoms with Crippen molar-refractivity contribution in [3.63, 3.8) is 0 Å². The van der Waals surface area contributed by atoms with Crippen LogP contribution in [-0.4, -0.2) is 53.0 Å². The van der Waals surface area contributed by atoms with Crippen LogP contribution in [-0.2, 0) is 17.8 Å². The van der Waals surface area contributed by atoms with Gasteiger partial charge in [0.25, 0.3) is 0 Å². The summed E-state index contributed by atoms with van der Waals surface area (Å²) >= 11 is 12.5. The predicted molar refractivity (Wildman–Crippen MR) is 137 cm³/mol. The smallest absolute Gasteiger partial charge is 0.227 e. The van der Waals surface area contributed by atoms with E-state index >= 15 is 0 Å². The first-order valence-electron chi connectivity index (χ1n) is 11.6. The van der Waals surface area contributed by atoms with Gasteiger partial charge in [-0.2, -0.15) is 0 Å². The number of piperazine rings is 1. The molecule has 34 heavy (non-hydrogen) atoms. The van der Waals surface area contributed by atoms with Gasteiger partial charge in [0.2, 0.25) is 5.91 Å². The Labute approximate surface area is 209 Å². The number of rotatable bonds is 5. The van der Waals surface area contributed by atoms with E-state index in [-0.39, 0.29) is 12.3 Å². The van der Waals surface area contributed by atoms with E-state index in [0.29, 0.717) is 34.7 Å². The van der Waals surface area contributed by atoms with Crippen molar-refractivity contribution in [1.29, 1.82) is 0 Å². The number of hydrazine groups is 1. The van der Waals surface area contributed by atoms with Crippen LogP contribution in [0, 0.1) is 0 Å². The maximum atomic E-state index is 12.8. The minimum atomic E-state index is 0.0563. The Morgan fingerprint density at radius 3 is 2.35 bits per heavy atom. The Hall–Kier alpha value is -2.74. The second-order valence-electron chi connectivity index (χ2n) is 8.98. The van der Waals surface area contributed by atoms with E-state index < -0.39 is 0 Å². The fraction of sp³-hybridized carbons (Fsp3) is 0.360. The van der Waals surface area contributed by atoms with Crippen LogP contribution in [0.4, 0.5) is 11.5 Å². The number of amides is 1. The Balaban J connectivity index is 1.20. The van der Waals surface area contributed by atoms with Crippen LogP contribution >= 0.6 is 23.2 Å². The fourth-order valence-corrected chi connectivity index (χ4v) is 5.07. The van der Waals surface area contributed by atoms with Gasteiger partial charge in [0.1, 0.15) is 5.82 Å². The first-order valence-corrected chi connectivity index (χ1v) is 12.3. The van der Waals surface area contributed by atoms with Crippen LogP contribution in [0.15, 0.2) is 42.5 Å². The molecular formula is C25H28Cl2N6O. The van der Waals surface area contributed by atoms with Crippen LogP contribution in [0.1, 0.15) is 25.1 Å². The summed E-state index contributed by atoms with van der Waals surface area (Å²) in [4.78, 5) is 25.3. The van der Waals surface area contributed by atoms with E-state index in [4.69, 9.17) is 28.2 Å². The summed E-state index contributed by atoms with van der Waals surface area (Å²) in [7, 11) is 0. The molecule has 178 valence electrons. The average Bonchev–Trinajstić information content (AvgIpc) is 3.43. The summed E-state index contributed by atoms with van der Waals surface area (Å²) in [6.45, 7) is 7.97. The van der Waals surface area contributed by atoms with E-state index in [2.05, 4.69) is 58.4 Å². The topological polar surface area (TPSA) is 67.5 Å². The lowest BCUT2D eigenvalue weighted by Crippen LogP contribution is -2.49. The predicted octanol–water partition coefficient (Wildman–Crippen LogP) is 4.51. The van der Waals surface area contributed by atoms with E-state index in [1.54, 1.807) is 18.2 Å². The van der Waals surface area contributed by atoms with Gasteiger partial charge in [-0.3, -0.25) is 9.80 Å². The standard InChI is InChI=1S/C25H28Cl2N6O/c1-16(2)33-25-22(15-28-33)29-24(30-25)17-6-8-18(9-7-17)31-10-12-32(13-11-31)23(34)14-19-20(26)4-3-5-21(19)27/h3-9,16,28H,10-15H2,1-2H3,(H,29,30). The molecule has 2 aliphatic rings. The SMILES string of the molecule is CC(C)N1NCc2[nH]c(-c3ccc(N4CCN(C(=O)Cc5c(Cl)cccc5Cl)CC4)cc3)nc21. The molecule has 0 aliphatic carbocycles. The lowest BCUT2D eigenvalue weighted by Gasteiger charge is -2.36. The normalized spacial score (nSPS) is 15.9. The van der Waals surface area contributed by atoms with Crippen molar-refractivity contribution in [2.24, 2.45) is 0 Å². The molecule has 3 heterocycles. The third-order valence-corrected chi connectivity index (χ3v) is 7.16. The highest BCUT2D eigenvalue weighted by Crippen LogP contribution is 2.30. The summed E-state index contributed by atoms with van der Waals surface area (Å²) in [6, 6.07) is 14.1. The number of H-pyrrole nitrogens is 1.